The molecule has 1 aromatic rings. The van der Waals surface area contributed by atoms with E-state index in [4.69, 9.17) is 23.7 Å². The molecular formula is C37H55NO9. The van der Waals surface area contributed by atoms with E-state index < -0.39 is 18.2 Å². The smallest absolute Gasteiger partial charge is 0.332 e. The van der Waals surface area contributed by atoms with Crippen molar-refractivity contribution < 1.29 is 43.2 Å². The number of allylic oxidation sites excluding steroid dienone is 3. The van der Waals surface area contributed by atoms with E-state index in [9.17, 15) is 19.5 Å². The molecule has 0 aliphatic heterocycles. The normalized spacial score (nSPS) is 23.8. The summed E-state index contributed by atoms with van der Waals surface area (Å²) >= 11 is 0. The molecule has 8 atom stereocenters. The van der Waals surface area contributed by atoms with Gasteiger partial charge in [-0.25, -0.2) is 4.79 Å². The van der Waals surface area contributed by atoms with Crippen LogP contribution in [-0.2, 0) is 35.1 Å². The Morgan fingerprint density at radius 2 is 1.83 bits per heavy atom. The van der Waals surface area contributed by atoms with E-state index in [2.05, 4.69) is 37.4 Å². The predicted molar refractivity (Wildman–Crippen MR) is 179 cm³/mol. The van der Waals surface area contributed by atoms with Gasteiger partial charge in [0, 0.05) is 18.9 Å². The second kappa shape index (κ2) is 18.8. The molecule has 0 saturated heterocycles. The first-order valence-corrected chi connectivity index (χ1v) is 17.0. The summed E-state index contributed by atoms with van der Waals surface area (Å²) in [6, 6.07) is 5.41. The molecule has 0 fully saturated rings. The van der Waals surface area contributed by atoms with Crippen LogP contribution in [0.15, 0.2) is 42.0 Å². The summed E-state index contributed by atoms with van der Waals surface area (Å²) in [6.07, 6.45) is 7.81. The number of hydrogen-bond acceptors (Lipinski definition) is 9. The van der Waals surface area contributed by atoms with Crippen molar-refractivity contribution in [3.63, 3.8) is 0 Å². The molecule has 0 radical (unpaired) electrons. The van der Waals surface area contributed by atoms with Crippen molar-refractivity contribution in [1.29, 1.82) is 0 Å². The average Bonchev–Trinajstić information content (AvgIpc) is 3.05. The number of hydrogen-bond donors (Lipinski definition) is 2. The number of rotatable bonds is 18. The van der Waals surface area contributed by atoms with Crippen LogP contribution in [0, 0.1) is 29.6 Å². The van der Waals surface area contributed by atoms with Crippen LogP contribution in [0.5, 0.6) is 11.5 Å². The highest BCUT2D eigenvalue weighted by atomic mass is 16.6. The lowest BCUT2D eigenvalue weighted by atomic mass is 9.65. The Balaban J connectivity index is 1.65. The minimum Gasteiger partial charge on any atom is -0.493 e. The summed E-state index contributed by atoms with van der Waals surface area (Å²) < 4.78 is 27.6. The number of esters is 2. The van der Waals surface area contributed by atoms with E-state index in [0.29, 0.717) is 30.3 Å². The zero-order chi connectivity index (χ0) is 34.5. The van der Waals surface area contributed by atoms with Gasteiger partial charge in [0.1, 0.15) is 12.7 Å². The van der Waals surface area contributed by atoms with Crippen LogP contribution in [0.1, 0.15) is 78.7 Å². The van der Waals surface area contributed by atoms with Gasteiger partial charge in [-0.1, -0.05) is 52.0 Å². The van der Waals surface area contributed by atoms with Crippen molar-refractivity contribution in [3.05, 3.63) is 47.6 Å². The van der Waals surface area contributed by atoms with Gasteiger partial charge in [-0.3, -0.25) is 9.59 Å². The third kappa shape index (κ3) is 11.4. The fraction of sp³-hybridized carbons (Fsp3) is 0.649. The number of aliphatic hydroxyl groups is 1. The first-order chi connectivity index (χ1) is 22.5. The maximum absolute atomic E-state index is 13.0. The van der Waals surface area contributed by atoms with Crippen LogP contribution in [0.4, 0.5) is 0 Å². The predicted octanol–water partition coefficient (Wildman–Crippen LogP) is 5.55. The molecule has 2 N–H and O–H groups in total. The Kier molecular flexibility index (Phi) is 15.3. The monoisotopic (exact) mass is 657 g/mol. The molecule has 10 heteroatoms. The fourth-order valence-electron chi connectivity index (χ4n) is 6.53. The first-order valence-electron chi connectivity index (χ1n) is 17.0. The lowest BCUT2D eigenvalue weighted by molar-refractivity contribution is -0.158. The van der Waals surface area contributed by atoms with Crippen molar-refractivity contribution in [1.82, 2.24) is 5.32 Å². The lowest BCUT2D eigenvalue weighted by Crippen LogP contribution is -2.41. The molecule has 3 rings (SSSR count). The molecule has 0 spiro atoms. The number of benzene rings is 1. The lowest BCUT2D eigenvalue weighted by Gasteiger charge is -2.43. The van der Waals surface area contributed by atoms with Gasteiger partial charge in [-0.2, -0.15) is 0 Å². The Bertz CT molecular complexity index is 1240. The highest BCUT2D eigenvalue weighted by Crippen LogP contribution is 2.45. The van der Waals surface area contributed by atoms with Crippen molar-refractivity contribution in [2.45, 2.75) is 98.0 Å². The fourth-order valence-corrected chi connectivity index (χ4v) is 6.53. The van der Waals surface area contributed by atoms with Gasteiger partial charge >= 0.3 is 11.9 Å². The maximum Gasteiger partial charge on any atom is 0.332 e. The summed E-state index contributed by atoms with van der Waals surface area (Å²) in [5.41, 5.74) is 2.03. The van der Waals surface area contributed by atoms with Gasteiger partial charge < -0.3 is 34.1 Å². The van der Waals surface area contributed by atoms with Crippen LogP contribution in [0.25, 0.3) is 0 Å². The standard InChI is InChI=1S/C37H55NO9/c1-8-24(4)37(42)47-33-17-23(3)16-27-12-10-25(5)30(36(27)33)14-13-28(39)19-29(46-22-35(41)45-9-2)20-34(40)38-21-26-11-15-31(43-6)32(18-26)44-7/h10-12,15-16,18,23-25,28-30,33,36,39H,8-9,13-14,17,19-22H2,1-7H3,(H,38,40). The summed E-state index contributed by atoms with van der Waals surface area (Å²) in [5, 5.41) is 14.1. The van der Waals surface area contributed by atoms with Gasteiger partial charge in [0.2, 0.25) is 5.91 Å². The summed E-state index contributed by atoms with van der Waals surface area (Å²) in [4.78, 5) is 37.9. The summed E-state index contributed by atoms with van der Waals surface area (Å²) in [6.45, 7) is 10.1. The van der Waals surface area contributed by atoms with Crippen LogP contribution < -0.4 is 14.8 Å². The Hall–Kier alpha value is -3.37. The van der Waals surface area contributed by atoms with Crippen molar-refractivity contribution in [2.75, 3.05) is 27.4 Å². The van der Waals surface area contributed by atoms with Crippen molar-refractivity contribution >= 4 is 17.8 Å². The Labute approximate surface area is 280 Å². The quantitative estimate of drug-likeness (QED) is 0.195. The number of methoxy groups -OCH3 is 2. The third-order valence-electron chi connectivity index (χ3n) is 9.34. The molecule has 1 aromatic carbocycles. The second-order valence-corrected chi connectivity index (χ2v) is 12.9. The van der Waals surface area contributed by atoms with Crippen LogP contribution in [0.3, 0.4) is 0 Å². The number of carbonyl (C=O) groups is 3. The third-order valence-corrected chi connectivity index (χ3v) is 9.34. The Morgan fingerprint density at radius 3 is 2.51 bits per heavy atom. The molecule has 0 saturated carbocycles. The van der Waals surface area contributed by atoms with Crippen molar-refractivity contribution in [2.24, 2.45) is 29.6 Å². The van der Waals surface area contributed by atoms with E-state index >= 15 is 0 Å². The summed E-state index contributed by atoms with van der Waals surface area (Å²) in [7, 11) is 3.11. The van der Waals surface area contributed by atoms with E-state index in [1.54, 1.807) is 33.3 Å². The molecule has 47 heavy (non-hydrogen) atoms. The van der Waals surface area contributed by atoms with Gasteiger partial charge in [-0.15, -0.1) is 0 Å². The van der Waals surface area contributed by atoms with E-state index in [0.717, 1.165) is 18.4 Å². The minimum absolute atomic E-state index is 0.0344. The molecule has 8 unspecified atom stereocenters. The largest absolute Gasteiger partial charge is 0.493 e. The number of carbonyl (C=O) groups excluding carboxylic acids is 3. The Morgan fingerprint density at radius 1 is 1.09 bits per heavy atom. The van der Waals surface area contributed by atoms with Crippen molar-refractivity contribution in [3.8, 4) is 11.5 Å². The number of amides is 1. The maximum atomic E-state index is 13.0. The SMILES string of the molecule is CCOC(=O)COC(CC(=O)NCc1ccc(OC)c(OC)c1)CC(O)CCC1C(C)C=CC2=CC(C)CC(OC(=O)C(C)CC)C21. The van der Waals surface area contributed by atoms with E-state index in [1.165, 1.54) is 5.57 Å². The van der Waals surface area contributed by atoms with Crippen LogP contribution in [0.2, 0.25) is 0 Å². The zero-order valence-corrected chi connectivity index (χ0v) is 29.2. The van der Waals surface area contributed by atoms with E-state index in [-0.39, 0.29) is 74.3 Å². The van der Waals surface area contributed by atoms with Gasteiger partial charge in [0.15, 0.2) is 11.5 Å². The summed E-state index contributed by atoms with van der Waals surface area (Å²) in [5.74, 6) is 0.819. The molecule has 0 bridgehead atoms. The molecule has 0 aromatic heterocycles. The van der Waals surface area contributed by atoms with Gasteiger partial charge in [0.25, 0.3) is 0 Å². The molecule has 10 nitrogen and oxygen atoms in total. The second-order valence-electron chi connectivity index (χ2n) is 12.9. The minimum atomic E-state index is -0.769. The molecular weight excluding hydrogens is 602 g/mol. The topological polar surface area (TPSA) is 130 Å². The molecule has 0 heterocycles. The molecule has 2 aliphatic rings. The molecule has 2 aliphatic carbocycles. The zero-order valence-electron chi connectivity index (χ0n) is 29.2. The molecule has 1 amide bonds. The number of ether oxygens (including phenoxy) is 5. The van der Waals surface area contributed by atoms with E-state index in [1.807, 2.05) is 19.9 Å². The van der Waals surface area contributed by atoms with Gasteiger partial charge in [0.05, 0.1) is 45.4 Å². The number of fused-ring (bicyclic) bond motifs is 1. The highest BCUT2D eigenvalue weighted by Gasteiger charge is 2.41. The van der Waals surface area contributed by atoms with Crippen LogP contribution >= 0.6 is 0 Å². The highest BCUT2D eigenvalue weighted by molar-refractivity contribution is 5.76. The number of nitrogens with one attached hydrogen (secondary N) is 1. The number of aliphatic hydroxyl groups excluding tert-OH is 1. The molecule has 262 valence electrons. The average molecular weight is 658 g/mol. The first kappa shape index (κ1) is 38.1. The van der Waals surface area contributed by atoms with Crippen LogP contribution in [-0.4, -0.2) is 68.7 Å². The van der Waals surface area contributed by atoms with Gasteiger partial charge in [-0.05, 0) is 73.6 Å².